The molecule has 3 rings (SSSR count). The van der Waals surface area contributed by atoms with E-state index in [-0.39, 0.29) is 30.1 Å². The highest BCUT2D eigenvalue weighted by molar-refractivity contribution is 7.93. The Bertz CT molecular complexity index is 1040. The predicted molar refractivity (Wildman–Crippen MR) is 134 cm³/mol. The maximum absolute atomic E-state index is 13.6. The normalized spacial score (nSPS) is 15.7. The van der Waals surface area contributed by atoms with Gasteiger partial charge in [-0.25, -0.2) is 13.9 Å². The van der Waals surface area contributed by atoms with Gasteiger partial charge in [-0.15, -0.1) is 12.4 Å². The quantitative estimate of drug-likeness (QED) is 0.260. The van der Waals surface area contributed by atoms with Crippen LogP contribution in [0, 0.1) is 0 Å². The predicted octanol–water partition coefficient (Wildman–Crippen LogP) is 2.56. The molecule has 1 saturated heterocycles. The summed E-state index contributed by atoms with van der Waals surface area (Å²) in [5.74, 6) is -0.180. The molecule has 0 spiro atoms. The van der Waals surface area contributed by atoms with Crippen molar-refractivity contribution in [3.8, 4) is 16.9 Å². The van der Waals surface area contributed by atoms with Crippen LogP contribution < -0.4 is 10.2 Å². The Balaban J connectivity index is 0.00000432. The molecular weight excluding hydrogens is 496 g/mol. The topological polar surface area (TPSA) is 114 Å². The number of nitrogens with zero attached hydrogens (tertiary/aromatic N) is 1. The molecule has 2 N–H and O–H groups in total. The molecule has 0 aromatic heterocycles. The van der Waals surface area contributed by atoms with E-state index in [4.69, 9.17) is 14.2 Å². The molecule has 1 aliphatic heterocycles. The zero-order valence-electron chi connectivity index (χ0n) is 19.9. The van der Waals surface area contributed by atoms with Gasteiger partial charge in [0.25, 0.3) is 5.91 Å². The van der Waals surface area contributed by atoms with Crippen molar-refractivity contribution in [2.24, 2.45) is 0 Å². The molecule has 194 valence electrons. The first-order valence-electron chi connectivity index (χ1n) is 11.1. The van der Waals surface area contributed by atoms with Crippen LogP contribution in [0.5, 0.6) is 5.75 Å². The first kappa shape index (κ1) is 29.0. The van der Waals surface area contributed by atoms with E-state index in [0.717, 1.165) is 11.1 Å². The molecule has 0 saturated carbocycles. The molecule has 1 heterocycles. The summed E-state index contributed by atoms with van der Waals surface area (Å²) in [7, 11) is -0.844. The summed E-state index contributed by atoms with van der Waals surface area (Å²) in [5.41, 5.74) is 3.32. The number of hydrogen-bond donors (Lipinski definition) is 2. The van der Waals surface area contributed by atoms with Gasteiger partial charge in [0.15, 0.2) is 14.6 Å². The number of rotatable bonds is 11. The van der Waals surface area contributed by atoms with Gasteiger partial charge in [-0.1, -0.05) is 24.3 Å². The van der Waals surface area contributed by atoms with Gasteiger partial charge in [-0.2, -0.15) is 0 Å². The number of amides is 1. The van der Waals surface area contributed by atoms with E-state index in [2.05, 4.69) is 0 Å². The van der Waals surface area contributed by atoms with Crippen LogP contribution in [-0.4, -0.2) is 82.9 Å². The van der Waals surface area contributed by atoms with Crippen molar-refractivity contribution in [3.05, 3.63) is 48.5 Å². The lowest BCUT2D eigenvalue weighted by Crippen LogP contribution is -2.58. The monoisotopic (exact) mass is 528 g/mol. The number of benzene rings is 2. The second-order valence-electron chi connectivity index (χ2n) is 8.16. The fraction of sp³-hybridized carbons (Fsp3) is 0.458. The third kappa shape index (κ3) is 6.52. The molecule has 2 aromatic rings. The van der Waals surface area contributed by atoms with Crippen LogP contribution in [-0.2, 0) is 24.1 Å². The number of nitrogens with one attached hydrogen (secondary N) is 1. The van der Waals surface area contributed by atoms with Crippen LogP contribution in [0.3, 0.4) is 0 Å². The Kier molecular flexibility index (Phi) is 10.9. The van der Waals surface area contributed by atoms with E-state index < -0.39 is 20.5 Å². The van der Waals surface area contributed by atoms with Crippen molar-refractivity contribution >= 4 is 28.2 Å². The van der Waals surface area contributed by atoms with E-state index in [1.165, 1.54) is 12.1 Å². The Morgan fingerprint density at radius 1 is 0.943 bits per heavy atom. The Morgan fingerprint density at radius 2 is 1.49 bits per heavy atom. The number of ether oxygens (including phenoxy) is 3. The van der Waals surface area contributed by atoms with Gasteiger partial charge in [0.1, 0.15) is 12.4 Å². The molecule has 0 unspecified atom stereocenters. The number of halogens is 1. The van der Waals surface area contributed by atoms with Gasteiger partial charge < -0.3 is 19.1 Å². The van der Waals surface area contributed by atoms with Crippen LogP contribution in [0.25, 0.3) is 11.1 Å². The van der Waals surface area contributed by atoms with E-state index in [1.807, 2.05) is 29.2 Å². The number of carbonyl (C=O) groups excluding carboxylic acids is 1. The van der Waals surface area contributed by atoms with Gasteiger partial charge in [-0.3, -0.25) is 10.0 Å². The Hall–Kier alpha value is -2.21. The fourth-order valence-corrected chi connectivity index (χ4v) is 6.07. The number of sulfone groups is 1. The van der Waals surface area contributed by atoms with Crippen molar-refractivity contribution < 1.29 is 32.6 Å². The summed E-state index contributed by atoms with van der Waals surface area (Å²) in [4.78, 5) is 14.7. The molecule has 1 amide bonds. The highest BCUT2D eigenvalue weighted by Crippen LogP contribution is 2.36. The van der Waals surface area contributed by atoms with Crippen LogP contribution in [0.2, 0.25) is 0 Å². The highest BCUT2D eigenvalue weighted by atomic mass is 35.5. The number of hydrogen-bond acceptors (Lipinski definition) is 8. The van der Waals surface area contributed by atoms with Crippen LogP contribution in [0.15, 0.2) is 53.4 Å². The zero-order chi connectivity index (χ0) is 24.6. The van der Waals surface area contributed by atoms with Crippen molar-refractivity contribution in [1.82, 2.24) is 10.4 Å². The molecule has 35 heavy (non-hydrogen) atoms. The number of methoxy groups -OCH3 is 2. The second kappa shape index (κ2) is 13.2. The minimum absolute atomic E-state index is 0. The lowest BCUT2D eigenvalue weighted by atomic mass is 9.95. The summed E-state index contributed by atoms with van der Waals surface area (Å²) in [5, 5.41) is 9.34. The summed E-state index contributed by atoms with van der Waals surface area (Å²) in [6.07, 6.45) is 0.162. The third-order valence-electron chi connectivity index (χ3n) is 6.21. The van der Waals surface area contributed by atoms with Crippen molar-refractivity contribution in [1.29, 1.82) is 0 Å². The van der Waals surface area contributed by atoms with Gasteiger partial charge in [0.2, 0.25) is 0 Å². The van der Waals surface area contributed by atoms with Crippen LogP contribution in [0.4, 0.5) is 0 Å². The molecule has 9 nitrogen and oxygen atoms in total. The molecule has 0 radical (unpaired) electrons. The molecule has 0 bridgehead atoms. The Labute approximate surface area is 212 Å². The molecule has 0 atom stereocenters. The number of carbonyl (C=O) groups is 1. The summed E-state index contributed by atoms with van der Waals surface area (Å²) < 4.78 is 41.1. The minimum atomic E-state index is -4.06. The van der Waals surface area contributed by atoms with Crippen molar-refractivity contribution in [2.75, 3.05) is 53.7 Å². The van der Waals surface area contributed by atoms with Gasteiger partial charge in [0.05, 0.1) is 18.1 Å². The number of hydroxylamine groups is 1. The lowest BCUT2D eigenvalue weighted by Gasteiger charge is -2.39. The summed E-state index contributed by atoms with van der Waals surface area (Å²) in [6.45, 7) is 2.94. The largest absolute Gasteiger partial charge is 0.491 e. The Morgan fingerprint density at radius 3 is 2.00 bits per heavy atom. The van der Waals surface area contributed by atoms with E-state index in [9.17, 15) is 18.4 Å². The fourth-order valence-electron chi connectivity index (χ4n) is 4.12. The second-order valence-corrected chi connectivity index (χ2v) is 10.4. The maximum atomic E-state index is 13.6. The first-order chi connectivity index (χ1) is 16.4. The van der Waals surface area contributed by atoms with E-state index in [0.29, 0.717) is 45.2 Å². The molecule has 0 aliphatic carbocycles. The van der Waals surface area contributed by atoms with Gasteiger partial charge in [-0.05, 0) is 48.2 Å². The summed E-state index contributed by atoms with van der Waals surface area (Å²) >= 11 is 0. The number of likely N-dealkylation sites (tertiary alicyclic amines) is 1. The smallest absolute Gasteiger partial charge is 0.265 e. The van der Waals surface area contributed by atoms with Crippen LogP contribution >= 0.6 is 12.4 Å². The molecule has 2 aromatic carbocycles. The average molecular weight is 529 g/mol. The first-order valence-corrected chi connectivity index (χ1v) is 12.6. The number of piperidine rings is 1. The molecule has 11 heteroatoms. The molecular formula is C24H33ClN2O7S. The van der Waals surface area contributed by atoms with Gasteiger partial charge in [0, 0.05) is 33.9 Å². The van der Waals surface area contributed by atoms with Crippen molar-refractivity contribution in [2.45, 2.75) is 22.5 Å². The zero-order valence-corrected chi connectivity index (χ0v) is 21.6. The van der Waals surface area contributed by atoms with Crippen molar-refractivity contribution in [3.63, 3.8) is 0 Å². The highest BCUT2D eigenvalue weighted by Gasteiger charge is 2.52. The van der Waals surface area contributed by atoms with E-state index >= 15 is 0 Å². The standard InChI is InChI=1S/C24H32N2O7S.ClH/c1-31-16-15-26-13-11-24(12-14-26,23(27)25-28)34(29,30)22-9-5-20(6-10-22)19-3-7-21(8-4-19)33-18-17-32-2;/h3-10,28H,11-18H2,1-2H3,(H,25,27);1H. The average Bonchev–Trinajstić information content (AvgIpc) is 2.88. The molecule has 1 fully saturated rings. The third-order valence-corrected chi connectivity index (χ3v) is 8.73. The summed E-state index contributed by atoms with van der Waals surface area (Å²) in [6, 6.07) is 13.9. The maximum Gasteiger partial charge on any atom is 0.265 e. The van der Waals surface area contributed by atoms with Gasteiger partial charge >= 0.3 is 0 Å². The lowest BCUT2D eigenvalue weighted by molar-refractivity contribution is -0.133. The van der Waals surface area contributed by atoms with Crippen LogP contribution in [0.1, 0.15) is 12.8 Å². The van der Waals surface area contributed by atoms with E-state index in [1.54, 1.807) is 31.8 Å². The molecule has 1 aliphatic rings. The minimum Gasteiger partial charge on any atom is -0.491 e. The SMILES string of the molecule is COCCOc1ccc(-c2ccc(S(=O)(=O)C3(C(=O)NO)CCN(CCOC)CC3)cc2)cc1.Cl.